The second-order valence-corrected chi connectivity index (χ2v) is 8.96. The van der Waals surface area contributed by atoms with Crippen molar-refractivity contribution in [3.63, 3.8) is 0 Å². The van der Waals surface area contributed by atoms with Gasteiger partial charge >= 0.3 is 6.09 Å². The zero-order valence-corrected chi connectivity index (χ0v) is 19.8. The van der Waals surface area contributed by atoms with E-state index in [1.54, 1.807) is 48.5 Å². The van der Waals surface area contributed by atoms with E-state index in [1.165, 1.54) is 17.6 Å². The number of alkyl carbamates (subject to hydrolysis) is 1. The Morgan fingerprint density at radius 2 is 1.84 bits per heavy atom. The van der Waals surface area contributed by atoms with Gasteiger partial charge in [0.1, 0.15) is 11.9 Å². The number of carbonyl (C=O) groups excluding carboxylic acids is 3. The maximum Gasteiger partial charge on any atom is 0.414 e. The summed E-state index contributed by atoms with van der Waals surface area (Å²) in [5.74, 6) is -1.29. The molecule has 0 saturated heterocycles. The lowest BCUT2D eigenvalue weighted by molar-refractivity contribution is -0.124. The number of hydrogen-bond donors (Lipinski definition) is 4. The second-order valence-electron chi connectivity index (χ2n) is 7.71. The molecule has 0 heterocycles. The molecule has 3 amide bonds. The zero-order valence-electron chi connectivity index (χ0n) is 17.7. The van der Waals surface area contributed by atoms with Crippen molar-refractivity contribution in [1.82, 2.24) is 10.8 Å². The van der Waals surface area contributed by atoms with Crippen LogP contribution in [0.15, 0.2) is 60.7 Å². The summed E-state index contributed by atoms with van der Waals surface area (Å²) in [4.78, 5) is 36.0. The van der Waals surface area contributed by atoms with E-state index in [2.05, 4.69) is 27.9 Å². The Labute approximate surface area is 199 Å². The van der Waals surface area contributed by atoms with Crippen LogP contribution < -0.4 is 10.8 Å². The highest BCUT2D eigenvalue weighted by atomic mass is 127. The number of hydroxylamine groups is 1. The molecule has 1 atom stereocenters. The Morgan fingerprint density at radius 3 is 2.50 bits per heavy atom. The van der Waals surface area contributed by atoms with Crippen LogP contribution in [0.25, 0.3) is 0 Å². The fourth-order valence-electron chi connectivity index (χ4n) is 3.08. The number of amides is 3. The molecule has 2 rings (SSSR count). The number of hydrogen-bond acceptors (Lipinski definition) is 6. The van der Waals surface area contributed by atoms with E-state index in [-0.39, 0.29) is 5.75 Å². The monoisotopic (exact) mass is 552 g/mol. The molecule has 32 heavy (non-hydrogen) atoms. The van der Waals surface area contributed by atoms with Crippen molar-refractivity contribution in [2.75, 3.05) is 0 Å². The van der Waals surface area contributed by atoms with E-state index in [9.17, 15) is 19.5 Å². The van der Waals surface area contributed by atoms with Crippen LogP contribution in [0.3, 0.4) is 0 Å². The molecule has 0 radical (unpaired) electrons. The number of phenols is 1. The predicted octanol–water partition coefficient (Wildman–Crippen LogP) is 4.47. The quantitative estimate of drug-likeness (QED) is 0.166. The van der Waals surface area contributed by atoms with Gasteiger partial charge in [-0.25, -0.2) is 10.3 Å². The number of nitrogens with one attached hydrogen (secondary N) is 2. The number of ether oxygens (including phenoxy) is 1. The van der Waals surface area contributed by atoms with Gasteiger partial charge in [-0.1, -0.05) is 38.1 Å². The van der Waals surface area contributed by atoms with Gasteiger partial charge in [0, 0.05) is 26.2 Å². The molecule has 0 fully saturated rings. The highest BCUT2D eigenvalue weighted by Crippen LogP contribution is 2.44. The molecule has 170 valence electrons. The van der Waals surface area contributed by atoms with Gasteiger partial charge in [-0.15, -0.1) is 0 Å². The Bertz CT molecular complexity index is 991. The molecular formula is C23H25IN2O6. The Kier molecular flexibility index (Phi) is 9.21. The molecule has 2 aromatic rings. The molecule has 0 aliphatic rings. The zero-order chi connectivity index (χ0) is 23.7. The molecule has 0 bridgehead atoms. The van der Waals surface area contributed by atoms with Gasteiger partial charge in [0.05, 0.1) is 0 Å². The molecule has 0 aliphatic carbocycles. The summed E-state index contributed by atoms with van der Waals surface area (Å²) >= 11 is 2.09. The van der Waals surface area contributed by atoms with E-state index >= 15 is 0 Å². The lowest BCUT2D eigenvalue weighted by Crippen LogP contribution is -2.35. The summed E-state index contributed by atoms with van der Waals surface area (Å²) in [6.07, 6.45) is 1.86. The van der Waals surface area contributed by atoms with Crippen LogP contribution in [0.1, 0.15) is 48.7 Å². The molecule has 0 unspecified atom stereocenters. The third-order valence-electron chi connectivity index (χ3n) is 4.79. The normalized spacial score (nSPS) is 12.2. The Balaban J connectivity index is 2.23. The Hall–Kier alpha value is -2.92. The number of carbonyl (C=O) groups is 3. The molecule has 8 nitrogen and oxygen atoms in total. The lowest BCUT2D eigenvalue weighted by atomic mass is 9.78. The number of phenolic OH excluding ortho intramolecular Hbond substituents is 1. The van der Waals surface area contributed by atoms with Gasteiger partial charge < -0.3 is 9.84 Å². The number of halogens is 1. The summed E-state index contributed by atoms with van der Waals surface area (Å²) in [6, 6.07) is 13.2. The van der Waals surface area contributed by atoms with Crippen molar-refractivity contribution in [1.29, 1.82) is 0 Å². The maximum atomic E-state index is 12.6. The van der Waals surface area contributed by atoms with Crippen LogP contribution in [-0.2, 0) is 9.53 Å². The average molecular weight is 552 g/mol. The molecule has 0 aromatic heterocycles. The smallest absolute Gasteiger partial charge is 0.414 e. The molecule has 4 N–H and O–H groups in total. The van der Waals surface area contributed by atoms with Crippen molar-refractivity contribution < 1.29 is 29.4 Å². The van der Waals surface area contributed by atoms with Gasteiger partial charge in [0.15, 0.2) is 0 Å². The predicted molar refractivity (Wildman–Crippen MR) is 126 cm³/mol. The number of imide groups is 1. The lowest BCUT2D eigenvalue weighted by Gasteiger charge is -2.34. The fraction of sp³-hybridized carbons (Fsp3) is 0.261. The van der Waals surface area contributed by atoms with E-state index in [1.807, 2.05) is 13.8 Å². The number of aromatic hydroxyl groups is 1. The van der Waals surface area contributed by atoms with Gasteiger partial charge in [0.2, 0.25) is 0 Å². The largest absolute Gasteiger partial charge is 0.508 e. The summed E-state index contributed by atoms with van der Waals surface area (Å²) in [5.41, 5.74) is 1.54. The summed E-state index contributed by atoms with van der Waals surface area (Å²) < 4.78 is 6.48. The summed E-state index contributed by atoms with van der Waals surface area (Å²) in [6.45, 7) is 3.70. The van der Waals surface area contributed by atoms with Crippen molar-refractivity contribution in [3.05, 3.63) is 75.4 Å². The molecule has 2 aromatic carbocycles. The van der Waals surface area contributed by atoms with Crippen molar-refractivity contribution >= 4 is 40.5 Å². The average Bonchev–Trinajstić information content (AvgIpc) is 2.77. The first-order valence-corrected chi connectivity index (χ1v) is 10.9. The van der Waals surface area contributed by atoms with Crippen LogP contribution in [0.4, 0.5) is 4.79 Å². The molecule has 9 heteroatoms. The van der Waals surface area contributed by atoms with Crippen LogP contribution in [-0.4, -0.2) is 28.2 Å². The third kappa shape index (κ3) is 7.34. The summed E-state index contributed by atoms with van der Waals surface area (Å²) in [7, 11) is 0. The van der Waals surface area contributed by atoms with Gasteiger partial charge in [-0.05, 0) is 65.8 Å². The molecular weight excluding hydrogens is 527 g/mol. The minimum atomic E-state index is -0.939. The molecule has 0 spiro atoms. The van der Waals surface area contributed by atoms with Crippen molar-refractivity contribution in [2.45, 2.75) is 32.8 Å². The van der Waals surface area contributed by atoms with Crippen LogP contribution >= 0.6 is 22.6 Å². The second kappa shape index (κ2) is 11.6. The van der Waals surface area contributed by atoms with Crippen LogP contribution in [0, 0.1) is 8.99 Å². The Morgan fingerprint density at radius 1 is 1.16 bits per heavy atom. The highest BCUT2D eigenvalue weighted by Gasteiger charge is 2.36. The van der Waals surface area contributed by atoms with E-state index in [0.29, 0.717) is 24.0 Å². The molecule has 0 aliphatic heterocycles. The van der Waals surface area contributed by atoms with E-state index in [0.717, 1.165) is 3.57 Å². The van der Waals surface area contributed by atoms with Crippen molar-refractivity contribution in [3.8, 4) is 5.75 Å². The van der Waals surface area contributed by atoms with Crippen LogP contribution in [0.5, 0.6) is 5.75 Å². The van der Waals surface area contributed by atoms with Crippen LogP contribution in [0.2, 0.25) is 0 Å². The standard InChI is InChI=1S/C23H25IN2O6/c1-23(2,13-7-6-10-19(28)26-31)20(17-14-16(24)11-12-18(17)27)32-22(30)25-21(29)15-8-4-3-5-9-15/h3-6,8-12,14,20,27,31H,7,13H2,1-2H3,(H,26,28)(H,25,29,30)/b10-6+/t20-/m0/s1. The van der Waals surface area contributed by atoms with E-state index in [4.69, 9.17) is 9.94 Å². The van der Waals surface area contributed by atoms with Gasteiger partial charge in [0.25, 0.3) is 11.8 Å². The first-order valence-electron chi connectivity index (χ1n) is 9.80. The number of benzene rings is 2. The minimum absolute atomic E-state index is 0.0409. The first kappa shape index (κ1) is 25.3. The SMILES string of the molecule is CC(C)(CC/C=C/C(=O)NO)[C@@H](OC(=O)NC(=O)c1ccccc1)c1cc(I)ccc1O. The van der Waals surface area contributed by atoms with Gasteiger partial charge in [-0.3, -0.25) is 20.1 Å². The van der Waals surface area contributed by atoms with Gasteiger partial charge in [-0.2, -0.15) is 0 Å². The first-order chi connectivity index (χ1) is 15.1. The number of allylic oxidation sites excluding steroid dienone is 1. The molecule has 0 saturated carbocycles. The maximum absolute atomic E-state index is 12.6. The van der Waals surface area contributed by atoms with E-state index < -0.39 is 29.4 Å². The number of rotatable bonds is 8. The minimum Gasteiger partial charge on any atom is -0.508 e. The summed E-state index contributed by atoms with van der Waals surface area (Å²) in [5, 5.41) is 21.2. The highest BCUT2D eigenvalue weighted by molar-refractivity contribution is 14.1. The topological polar surface area (TPSA) is 125 Å². The van der Waals surface area contributed by atoms with Crippen molar-refractivity contribution in [2.24, 2.45) is 5.41 Å². The third-order valence-corrected chi connectivity index (χ3v) is 5.46. The fourth-order valence-corrected chi connectivity index (χ4v) is 3.60.